The zero-order valence-electron chi connectivity index (χ0n) is 16.7. The lowest BCUT2D eigenvalue weighted by atomic mass is 10.2. The standard InChI is InChI=1S/C23H15BrCl2N4O3/c24-14-9-10-18-13(11-14)12-19(21(31)27-15-5-2-1-3-6-15)30(18)29-23(33)22(32)28-17-8-4-7-16(25)20(17)26/h1-12H,(H,27,31)(H,28,32)(H,29,33). The first-order valence-corrected chi connectivity index (χ1v) is 11.1. The summed E-state index contributed by atoms with van der Waals surface area (Å²) < 4.78 is 2.06. The number of rotatable bonds is 4. The molecule has 0 aliphatic carbocycles. The smallest absolute Gasteiger partial charge is 0.321 e. The molecule has 4 rings (SSSR count). The van der Waals surface area contributed by atoms with Gasteiger partial charge >= 0.3 is 11.8 Å². The lowest BCUT2D eigenvalue weighted by molar-refractivity contribution is -0.133. The van der Waals surface area contributed by atoms with Gasteiger partial charge < -0.3 is 10.6 Å². The van der Waals surface area contributed by atoms with Gasteiger partial charge in [-0.25, -0.2) is 4.68 Å². The molecule has 4 aromatic rings. The van der Waals surface area contributed by atoms with Crippen LogP contribution < -0.4 is 16.1 Å². The molecule has 3 amide bonds. The van der Waals surface area contributed by atoms with Crippen molar-refractivity contribution >= 4 is 79.1 Å². The van der Waals surface area contributed by atoms with Crippen molar-refractivity contribution in [3.05, 3.63) is 93.0 Å². The number of halogens is 3. The third-order valence-corrected chi connectivity index (χ3v) is 5.96. The zero-order chi connectivity index (χ0) is 23.5. The molecular weight excluding hydrogens is 531 g/mol. The first kappa shape index (κ1) is 22.8. The van der Waals surface area contributed by atoms with Crippen LogP contribution in [0.25, 0.3) is 10.9 Å². The summed E-state index contributed by atoms with van der Waals surface area (Å²) in [5.41, 5.74) is 3.92. The Hall–Kier alpha value is -3.33. The molecule has 3 aromatic carbocycles. The van der Waals surface area contributed by atoms with Crippen molar-refractivity contribution in [2.45, 2.75) is 0 Å². The molecule has 33 heavy (non-hydrogen) atoms. The van der Waals surface area contributed by atoms with Crippen molar-refractivity contribution in [2.24, 2.45) is 0 Å². The second-order valence-electron chi connectivity index (χ2n) is 6.88. The van der Waals surface area contributed by atoms with Gasteiger partial charge in [0.05, 0.1) is 21.2 Å². The highest BCUT2D eigenvalue weighted by atomic mass is 79.9. The van der Waals surface area contributed by atoms with Gasteiger partial charge in [-0.15, -0.1) is 0 Å². The van der Waals surface area contributed by atoms with E-state index in [4.69, 9.17) is 23.2 Å². The van der Waals surface area contributed by atoms with Crippen molar-refractivity contribution < 1.29 is 14.4 Å². The maximum absolute atomic E-state index is 13.0. The molecule has 166 valence electrons. The minimum Gasteiger partial charge on any atom is -0.321 e. The van der Waals surface area contributed by atoms with Crippen molar-refractivity contribution in [2.75, 3.05) is 16.1 Å². The van der Waals surface area contributed by atoms with Crippen LogP contribution in [0.5, 0.6) is 0 Å². The summed E-state index contributed by atoms with van der Waals surface area (Å²) in [7, 11) is 0. The van der Waals surface area contributed by atoms with Crippen LogP contribution in [0.15, 0.2) is 77.3 Å². The Balaban J connectivity index is 1.63. The van der Waals surface area contributed by atoms with Gasteiger partial charge in [0.15, 0.2) is 0 Å². The lowest BCUT2D eigenvalue weighted by Crippen LogP contribution is -2.36. The predicted molar refractivity (Wildman–Crippen MR) is 133 cm³/mol. The highest BCUT2D eigenvalue weighted by Gasteiger charge is 2.22. The molecule has 0 atom stereocenters. The molecular formula is C23H15BrCl2N4O3. The number of carbonyl (C=O) groups excluding carboxylic acids is 3. The van der Waals surface area contributed by atoms with E-state index in [-0.39, 0.29) is 21.4 Å². The molecule has 1 aromatic heterocycles. The Kier molecular flexibility index (Phi) is 6.69. The molecule has 0 aliphatic heterocycles. The van der Waals surface area contributed by atoms with Gasteiger partial charge in [-0.05, 0) is 48.5 Å². The first-order chi connectivity index (χ1) is 15.8. The van der Waals surface area contributed by atoms with E-state index >= 15 is 0 Å². The van der Waals surface area contributed by atoms with Crippen LogP contribution in [0.3, 0.4) is 0 Å². The van der Waals surface area contributed by atoms with Crippen molar-refractivity contribution in [3.63, 3.8) is 0 Å². The van der Waals surface area contributed by atoms with E-state index in [2.05, 4.69) is 32.0 Å². The fourth-order valence-corrected chi connectivity index (χ4v) is 3.85. The average Bonchev–Trinajstić information content (AvgIpc) is 3.15. The van der Waals surface area contributed by atoms with Crippen molar-refractivity contribution in [1.29, 1.82) is 0 Å². The van der Waals surface area contributed by atoms with E-state index in [0.717, 1.165) is 4.47 Å². The second-order valence-corrected chi connectivity index (χ2v) is 8.59. The number of amides is 3. The van der Waals surface area contributed by atoms with E-state index in [1.807, 2.05) is 6.07 Å². The molecule has 0 saturated heterocycles. The number of carbonyl (C=O) groups is 3. The quantitative estimate of drug-likeness (QED) is 0.288. The summed E-state index contributed by atoms with van der Waals surface area (Å²) in [5, 5.41) is 6.22. The van der Waals surface area contributed by atoms with Crippen molar-refractivity contribution in [1.82, 2.24) is 4.68 Å². The maximum Gasteiger partial charge on any atom is 0.328 e. The van der Waals surface area contributed by atoms with Gasteiger partial charge in [0, 0.05) is 15.5 Å². The van der Waals surface area contributed by atoms with Crippen LogP contribution in [-0.4, -0.2) is 22.4 Å². The predicted octanol–water partition coefficient (Wildman–Crippen LogP) is 5.67. The molecule has 0 bridgehead atoms. The number of nitrogens with zero attached hydrogens (tertiary/aromatic N) is 1. The molecule has 7 nitrogen and oxygen atoms in total. The van der Waals surface area contributed by atoms with E-state index in [1.165, 1.54) is 10.7 Å². The van der Waals surface area contributed by atoms with Crippen LogP contribution in [0.1, 0.15) is 10.5 Å². The van der Waals surface area contributed by atoms with Crippen LogP contribution in [0.2, 0.25) is 10.0 Å². The average molecular weight is 546 g/mol. The minimum absolute atomic E-state index is 0.111. The molecule has 1 heterocycles. The minimum atomic E-state index is -1.000. The van der Waals surface area contributed by atoms with Crippen LogP contribution in [0, 0.1) is 0 Å². The summed E-state index contributed by atoms with van der Waals surface area (Å²) in [4.78, 5) is 38.2. The number of hydrogen-bond donors (Lipinski definition) is 3. The fourth-order valence-electron chi connectivity index (χ4n) is 3.12. The molecule has 10 heteroatoms. The molecule has 0 spiro atoms. The van der Waals surface area contributed by atoms with Gasteiger partial charge in [-0.3, -0.25) is 19.8 Å². The van der Waals surface area contributed by atoms with E-state index in [9.17, 15) is 14.4 Å². The maximum atomic E-state index is 13.0. The van der Waals surface area contributed by atoms with E-state index in [0.29, 0.717) is 16.6 Å². The van der Waals surface area contributed by atoms with Gasteiger partial charge in [-0.1, -0.05) is 63.4 Å². The molecule has 0 aliphatic rings. The van der Waals surface area contributed by atoms with Crippen LogP contribution in [-0.2, 0) is 9.59 Å². The largest absolute Gasteiger partial charge is 0.328 e. The van der Waals surface area contributed by atoms with Gasteiger partial charge in [0.25, 0.3) is 5.91 Å². The Morgan fingerprint density at radius 3 is 2.33 bits per heavy atom. The SMILES string of the molecule is O=C(Nc1cccc(Cl)c1Cl)C(=O)Nn1c(C(=O)Nc2ccccc2)cc2cc(Br)ccc21. The van der Waals surface area contributed by atoms with Gasteiger partial charge in [-0.2, -0.15) is 0 Å². The Bertz CT molecular complexity index is 1390. The highest BCUT2D eigenvalue weighted by molar-refractivity contribution is 9.10. The molecule has 0 saturated carbocycles. The van der Waals surface area contributed by atoms with Crippen LogP contribution in [0.4, 0.5) is 11.4 Å². The summed E-state index contributed by atoms with van der Waals surface area (Å²) in [6.45, 7) is 0. The number of anilines is 2. The first-order valence-electron chi connectivity index (χ1n) is 9.57. The molecule has 0 radical (unpaired) electrons. The van der Waals surface area contributed by atoms with Crippen molar-refractivity contribution in [3.8, 4) is 0 Å². The fraction of sp³-hybridized carbons (Fsp3) is 0. The number of para-hydroxylation sites is 1. The van der Waals surface area contributed by atoms with E-state index < -0.39 is 17.7 Å². The third-order valence-electron chi connectivity index (χ3n) is 4.65. The Morgan fingerprint density at radius 2 is 1.58 bits per heavy atom. The van der Waals surface area contributed by atoms with E-state index in [1.54, 1.807) is 60.7 Å². The molecule has 0 fully saturated rings. The lowest BCUT2D eigenvalue weighted by Gasteiger charge is -2.13. The Morgan fingerprint density at radius 1 is 0.818 bits per heavy atom. The topological polar surface area (TPSA) is 92.2 Å². The van der Waals surface area contributed by atoms with Gasteiger partial charge in [0.2, 0.25) is 0 Å². The summed E-state index contributed by atoms with van der Waals surface area (Å²) in [5.74, 6) is -2.44. The Labute approximate surface area is 206 Å². The third kappa shape index (κ3) is 5.03. The monoisotopic (exact) mass is 544 g/mol. The number of aromatic nitrogens is 1. The zero-order valence-corrected chi connectivity index (χ0v) is 19.8. The van der Waals surface area contributed by atoms with Gasteiger partial charge in [0.1, 0.15) is 5.69 Å². The number of hydrogen-bond acceptors (Lipinski definition) is 3. The highest BCUT2D eigenvalue weighted by Crippen LogP contribution is 2.29. The number of nitrogens with one attached hydrogen (secondary N) is 3. The molecule has 3 N–H and O–H groups in total. The number of fused-ring (bicyclic) bond motifs is 1. The number of benzene rings is 3. The van der Waals surface area contributed by atoms with Crippen LogP contribution >= 0.6 is 39.1 Å². The summed E-state index contributed by atoms with van der Waals surface area (Å²) in [6.07, 6.45) is 0. The normalized spacial score (nSPS) is 10.6. The second kappa shape index (κ2) is 9.66. The summed E-state index contributed by atoms with van der Waals surface area (Å²) in [6, 6.07) is 20.4. The molecule has 0 unspecified atom stereocenters. The summed E-state index contributed by atoms with van der Waals surface area (Å²) >= 11 is 15.4.